The van der Waals surface area contributed by atoms with Crippen molar-refractivity contribution in [3.63, 3.8) is 0 Å². The van der Waals surface area contributed by atoms with Gasteiger partial charge in [-0.05, 0) is 39.2 Å². The number of nitrogens with zero attached hydrogens (tertiary/aromatic N) is 1. The highest BCUT2D eigenvalue weighted by molar-refractivity contribution is 4.81. The van der Waals surface area contributed by atoms with E-state index in [0.29, 0.717) is 6.04 Å². The van der Waals surface area contributed by atoms with Crippen molar-refractivity contribution in [1.29, 1.82) is 0 Å². The molecule has 0 aromatic heterocycles. The lowest BCUT2D eigenvalue weighted by atomic mass is 9.92. The molecule has 0 amide bonds. The van der Waals surface area contributed by atoms with E-state index in [1.165, 1.54) is 19.4 Å². The largest absolute Gasteiger partial charge is 0.383 e. The molecule has 1 aliphatic heterocycles. The first-order chi connectivity index (χ1) is 7.65. The van der Waals surface area contributed by atoms with Gasteiger partial charge in [0.15, 0.2) is 0 Å². The average Bonchev–Trinajstić information content (AvgIpc) is 2.24. The summed E-state index contributed by atoms with van der Waals surface area (Å²) in [6.07, 6.45) is 2.70. The molecule has 0 radical (unpaired) electrons. The third-order valence-corrected chi connectivity index (χ3v) is 3.68. The molecule has 0 saturated carbocycles. The van der Waals surface area contributed by atoms with E-state index in [9.17, 15) is 0 Å². The zero-order valence-corrected chi connectivity index (χ0v) is 11.3. The lowest BCUT2D eigenvalue weighted by Gasteiger charge is -2.40. The number of ether oxygens (including phenoxy) is 1. The second kappa shape index (κ2) is 7.25. The fourth-order valence-electron chi connectivity index (χ4n) is 2.68. The van der Waals surface area contributed by atoms with Crippen LogP contribution in [0.1, 0.15) is 33.6 Å². The van der Waals surface area contributed by atoms with Gasteiger partial charge in [0.1, 0.15) is 0 Å². The molecule has 3 unspecified atom stereocenters. The van der Waals surface area contributed by atoms with Crippen LogP contribution in [0.25, 0.3) is 0 Å². The van der Waals surface area contributed by atoms with Gasteiger partial charge in [-0.25, -0.2) is 0 Å². The van der Waals surface area contributed by atoms with Crippen molar-refractivity contribution in [1.82, 2.24) is 10.2 Å². The molecule has 1 rings (SSSR count). The van der Waals surface area contributed by atoms with Crippen molar-refractivity contribution in [3.05, 3.63) is 0 Å². The van der Waals surface area contributed by atoms with Gasteiger partial charge in [0.05, 0.1) is 6.61 Å². The minimum absolute atomic E-state index is 0.638. The first-order valence-electron chi connectivity index (χ1n) is 6.60. The van der Waals surface area contributed by atoms with Gasteiger partial charge in [-0.2, -0.15) is 0 Å². The summed E-state index contributed by atoms with van der Waals surface area (Å²) in [7, 11) is 1.75. The molecule has 96 valence electrons. The Balaban J connectivity index is 2.22. The molecular formula is C13H28N2O. The summed E-state index contributed by atoms with van der Waals surface area (Å²) in [6, 6.07) is 1.38. The van der Waals surface area contributed by atoms with Crippen molar-refractivity contribution >= 4 is 0 Å². The third-order valence-electron chi connectivity index (χ3n) is 3.68. The van der Waals surface area contributed by atoms with Gasteiger partial charge in [-0.3, -0.25) is 4.90 Å². The number of hydrogen-bond acceptors (Lipinski definition) is 3. The Hall–Kier alpha value is -0.120. The predicted molar refractivity (Wildman–Crippen MR) is 68.8 cm³/mol. The number of piperidine rings is 1. The molecule has 0 aromatic carbocycles. The van der Waals surface area contributed by atoms with Gasteiger partial charge in [0.2, 0.25) is 0 Å². The highest BCUT2D eigenvalue weighted by atomic mass is 16.5. The second-order valence-corrected chi connectivity index (χ2v) is 5.26. The Morgan fingerprint density at radius 2 is 2.19 bits per heavy atom. The van der Waals surface area contributed by atoms with Crippen LogP contribution in [0.5, 0.6) is 0 Å². The van der Waals surface area contributed by atoms with E-state index in [-0.39, 0.29) is 0 Å². The number of nitrogens with one attached hydrogen (secondary N) is 1. The van der Waals surface area contributed by atoms with Crippen LogP contribution in [0, 0.1) is 5.92 Å². The molecule has 1 aliphatic rings. The number of likely N-dealkylation sites (tertiary alicyclic amines) is 1. The average molecular weight is 228 g/mol. The molecule has 0 spiro atoms. The first kappa shape index (κ1) is 13.9. The van der Waals surface area contributed by atoms with Gasteiger partial charge in [0, 0.05) is 32.3 Å². The van der Waals surface area contributed by atoms with E-state index >= 15 is 0 Å². The third kappa shape index (κ3) is 4.40. The summed E-state index contributed by atoms with van der Waals surface area (Å²) in [5.41, 5.74) is 0. The van der Waals surface area contributed by atoms with Crippen LogP contribution in [0.3, 0.4) is 0 Å². The molecule has 1 N–H and O–H groups in total. The molecule has 0 bridgehead atoms. The van der Waals surface area contributed by atoms with E-state index in [0.717, 1.165) is 31.7 Å². The zero-order chi connectivity index (χ0) is 12.0. The van der Waals surface area contributed by atoms with E-state index in [1.54, 1.807) is 7.11 Å². The fourth-order valence-corrected chi connectivity index (χ4v) is 2.68. The van der Waals surface area contributed by atoms with Gasteiger partial charge in [-0.1, -0.05) is 6.92 Å². The number of rotatable bonds is 6. The lowest BCUT2D eigenvalue weighted by molar-refractivity contribution is 0.0877. The predicted octanol–water partition coefficient (Wildman–Crippen LogP) is 1.73. The minimum atomic E-state index is 0.638. The highest BCUT2D eigenvalue weighted by Crippen LogP contribution is 2.23. The van der Waals surface area contributed by atoms with Gasteiger partial charge in [0.25, 0.3) is 0 Å². The molecule has 1 saturated heterocycles. The summed E-state index contributed by atoms with van der Waals surface area (Å²) in [5, 5.41) is 3.45. The maximum Gasteiger partial charge on any atom is 0.0587 e. The molecule has 16 heavy (non-hydrogen) atoms. The van der Waals surface area contributed by atoms with Crippen LogP contribution in [0.15, 0.2) is 0 Å². The van der Waals surface area contributed by atoms with Crippen molar-refractivity contribution in [2.45, 2.75) is 45.7 Å². The molecule has 0 aliphatic carbocycles. The second-order valence-electron chi connectivity index (χ2n) is 5.26. The Morgan fingerprint density at radius 1 is 1.44 bits per heavy atom. The molecular weight excluding hydrogens is 200 g/mol. The topological polar surface area (TPSA) is 24.5 Å². The Labute approximate surface area is 101 Å². The van der Waals surface area contributed by atoms with Crippen molar-refractivity contribution in [3.8, 4) is 0 Å². The normalized spacial score (nSPS) is 29.2. The van der Waals surface area contributed by atoms with Crippen LogP contribution in [0.2, 0.25) is 0 Å². The maximum atomic E-state index is 5.03. The minimum Gasteiger partial charge on any atom is -0.383 e. The SMILES string of the molecule is COCCNCC(C)N1CCC(C)CC1C. The first-order valence-corrected chi connectivity index (χ1v) is 6.60. The monoisotopic (exact) mass is 228 g/mol. The lowest BCUT2D eigenvalue weighted by Crippen LogP contribution is -2.49. The summed E-state index contributed by atoms with van der Waals surface area (Å²) >= 11 is 0. The number of methoxy groups -OCH3 is 1. The van der Waals surface area contributed by atoms with Crippen molar-refractivity contribution in [2.24, 2.45) is 5.92 Å². The van der Waals surface area contributed by atoms with Crippen LogP contribution in [-0.2, 0) is 4.74 Å². The molecule has 3 heteroatoms. The molecule has 1 fully saturated rings. The smallest absolute Gasteiger partial charge is 0.0587 e. The fraction of sp³-hybridized carbons (Fsp3) is 1.00. The van der Waals surface area contributed by atoms with E-state index < -0.39 is 0 Å². The van der Waals surface area contributed by atoms with Crippen molar-refractivity contribution in [2.75, 3.05) is 33.4 Å². The Kier molecular flexibility index (Phi) is 6.32. The maximum absolute atomic E-state index is 5.03. The van der Waals surface area contributed by atoms with Gasteiger partial charge >= 0.3 is 0 Å². The molecule has 0 aromatic rings. The van der Waals surface area contributed by atoms with E-state index in [4.69, 9.17) is 4.74 Å². The number of hydrogen-bond donors (Lipinski definition) is 1. The van der Waals surface area contributed by atoms with Crippen LogP contribution >= 0.6 is 0 Å². The summed E-state index contributed by atoms with van der Waals surface area (Å²) in [6.45, 7) is 11.2. The summed E-state index contributed by atoms with van der Waals surface area (Å²) in [4.78, 5) is 2.64. The van der Waals surface area contributed by atoms with E-state index in [2.05, 4.69) is 31.0 Å². The van der Waals surface area contributed by atoms with Gasteiger partial charge in [-0.15, -0.1) is 0 Å². The highest BCUT2D eigenvalue weighted by Gasteiger charge is 2.25. The van der Waals surface area contributed by atoms with E-state index in [1.807, 2.05) is 0 Å². The van der Waals surface area contributed by atoms with Gasteiger partial charge < -0.3 is 10.1 Å². The zero-order valence-electron chi connectivity index (χ0n) is 11.3. The molecule has 3 atom stereocenters. The molecule has 1 heterocycles. The Morgan fingerprint density at radius 3 is 2.81 bits per heavy atom. The van der Waals surface area contributed by atoms with Crippen LogP contribution in [-0.4, -0.2) is 50.3 Å². The van der Waals surface area contributed by atoms with Crippen molar-refractivity contribution < 1.29 is 4.74 Å². The van der Waals surface area contributed by atoms with Crippen LogP contribution < -0.4 is 5.32 Å². The standard InChI is InChI=1S/C13H28N2O/c1-11-5-7-15(12(2)9-11)13(3)10-14-6-8-16-4/h11-14H,5-10H2,1-4H3. The quantitative estimate of drug-likeness (QED) is 0.701. The summed E-state index contributed by atoms with van der Waals surface area (Å²) < 4.78 is 5.03. The molecule has 3 nitrogen and oxygen atoms in total. The Bertz CT molecular complexity index is 187. The summed E-state index contributed by atoms with van der Waals surface area (Å²) in [5.74, 6) is 0.903. The van der Waals surface area contributed by atoms with Crippen LogP contribution in [0.4, 0.5) is 0 Å².